The van der Waals surface area contributed by atoms with Gasteiger partial charge in [-0.3, -0.25) is 9.59 Å². The van der Waals surface area contributed by atoms with E-state index >= 15 is 0 Å². The van der Waals surface area contributed by atoms with Crippen LogP contribution in [0.1, 0.15) is 53.6 Å². The Kier molecular flexibility index (Phi) is 5.51. The van der Waals surface area contributed by atoms with E-state index in [1.54, 1.807) is 6.08 Å². The molecule has 0 bridgehead atoms. The van der Waals surface area contributed by atoms with Crippen molar-refractivity contribution < 1.29 is 9.59 Å². The third-order valence-corrected chi connectivity index (χ3v) is 6.37. The molecule has 2 aromatic rings. The largest absolute Gasteiger partial charge is 0.365 e. The third-order valence-electron chi connectivity index (χ3n) is 5.20. The number of nitrogens with two attached hydrogens (primary N) is 1. The van der Waals surface area contributed by atoms with Gasteiger partial charge in [-0.25, -0.2) is 0 Å². The monoisotopic (exact) mass is 382 g/mol. The first-order valence-corrected chi connectivity index (χ1v) is 10.1. The summed E-state index contributed by atoms with van der Waals surface area (Å²) in [5.74, 6) is -0.165. The van der Waals surface area contributed by atoms with Gasteiger partial charge in [0.25, 0.3) is 5.91 Å². The van der Waals surface area contributed by atoms with E-state index in [2.05, 4.69) is 26.1 Å². The summed E-state index contributed by atoms with van der Waals surface area (Å²) in [4.78, 5) is 25.6. The molecule has 142 valence electrons. The lowest BCUT2D eigenvalue weighted by Crippen LogP contribution is -2.27. The normalized spacial score (nSPS) is 16.9. The lowest BCUT2D eigenvalue weighted by Gasteiger charge is -2.33. The second-order valence-electron chi connectivity index (χ2n) is 8.11. The minimum Gasteiger partial charge on any atom is -0.365 e. The number of primary amides is 1. The second-order valence-corrected chi connectivity index (χ2v) is 9.22. The first-order chi connectivity index (χ1) is 12.8. The van der Waals surface area contributed by atoms with Crippen LogP contribution < -0.4 is 11.1 Å². The fraction of sp³-hybridized carbons (Fsp3) is 0.364. The van der Waals surface area contributed by atoms with E-state index in [1.807, 2.05) is 30.3 Å². The third kappa shape index (κ3) is 4.48. The molecule has 1 aliphatic carbocycles. The average Bonchev–Trinajstić information content (AvgIpc) is 2.97. The van der Waals surface area contributed by atoms with E-state index in [0.717, 1.165) is 30.4 Å². The minimum absolute atomic E-state index is 0.219. The van der Waals surface area contributed by atoms with Crippen LogP contribution in [0.5, 0.6) is 0 Å². The van der Waals surface area contributed by atoms with Gasteiger partial charge in [0.05, 0.1) is 5.56 Å². The highest BCUT2D eigenvalue weighted by molar-refractivity contribution is 7.17. The zero-order valence-corrected chi connectivity index (χ0v) is 16.9. The number of fused-ring (bicyclic) bond motifs is 1. The number of amides is 2. The first kappa shape index (κ1) is 19.4. The van der Waals surface area contributed by atoms with Crippen molar-refractivity contribution in [3.05, 3.63) is 58.0 Å². The number of rotatable bonds is 4. The summed E-state index contributed by atoms with van der Waals surface area (Å²) in [7, 11) is 0. The molecule has 1 heterocycles. The molecule has 0 aliphatic heterocycles. The molecule has 1 aromatic heterocycles. The maximum Gasteiger partial charge on any atom is 0.251 e. The fourth-order valence-corrected chi connectivity index (χ4v) is 4.90. The topological polar surface area (TPSA) is 72.2 Å². The maximum absolute atomic E-state index is 12.4. The van der Waals surface area contributed by atoms with Gasteiger partial charge in [0, 0.05) is 11.0 Å². The van der Waals surface area contributed by atoms with Crippen LogP contribution in [-0.2, 0) is 17.6 Å². The van der Waals surface area contributed by atoms with E-state index in [0.29, 0.717) is 16.5 Å². The molecule has 3 N–H and O–H groups in total. The van der Waals surface area contributed by atoms with Gasteiger partial charge in [-0.2, -0.15) is 0 Å². The number of carbonyl (C=O) groups excluding carboxylic acids is 2. The molecule has 4 nitrogen and oxygen atoms in total. The first-order valence-electron chi connectivity index (χ1n) is 9.24. The van der Waals surface area contributed by atoms with Gasteiger partial charge in [-0.1, -0.05) is 51.1 Å². The molecule has 1 aromatic carbocycles. The Morgan fingerprint density at radius 2 is 1.93 bits per heavy atom. The Hall–Kier alpha value is -2.40. The SMILES string of the molecule is CC(C)(C)[C@H]1CCc2c(sc(NC(=O)/C=C/c3ccccc3)c2C(N)=O)C1. The van der Waals surface area contributed by atoms with Crippen LogP contribution in [-0.4, -0.2) is 11.8 Å². The molecular formula is C22H26N2O2S. The van der Waals surface area contributed by atoms with E-state index in [9.17, 15) is 9.59 Å². The maximum atomic E-state index is 12.4. The highest BCUT2D eigenvalue weighted by Gasteiger charge is 2.33. The second kappa shape index (κ2) is 7.69. The number of thiophene rings is 1. The standard InChI is InChI=1S/C22H26N2O2S/c1-22(2,3)15-10-11-16-17(13-15)27-21(19(16)20(23)26)24-18(25)12-9-14-7-5-4-6-8-14/h4-9,12,15H,10-11,13H2,1-3H3,(H2,23,26)(H,24,25)/b12-9+/t15-/m0/s1. The predicted octanol–water partition coefficient (Wildman–Crippen LogP) is 4.65. The van der Waals surface area contributed by atoms with Crippen molar-refractivity contribution in [3.8, 4) is 0 Å². The van der Waals surface area contributed by atoms with Crippen LogP contribution in [0.4, 0.5) is 5.00 Å². The highest BCUT2D eigenvalue weighted by Crippen LogP contribution is 2.44. The average molecular weight is 383 g/mol. The van der Waals surface area contributed by atoms with Crippen molar-refractivity contribution in [1.29, 1.82) is 0 Å². The molecule has 2 amide bonds. The minimum atomic E-state index is -0.468. The number of nitrogens with one attached hydrogen (secondary N) is 1. The van der Waals surface area contributed by atoms with Crippen LogP contribution in [0.3, 0.4) is 0 Å². The summed E-state index contributed by atoms with van der Waals surface area (Å²) in [6.07, 6.45) is 6.04. The fourth-order valence-electron chi connectivity index (χ4n) is 3.56. The highest BCUT2D eigenvalue weighted by atomic mass is 32.1. The summed E-state index contributed by atoms with van der Waals surface area (Å²) in [6, 6.07) is 9.62. The van der Waals surface area contributed by atoms with Gasteiger partial charge in [-0.15, -0.1) is 11.3 Å². The number of hydrogen-bond acceptors (Lipinski definition) is 3. The van der Waals surface area contributed by atoms with Gasteiger partial charge in [-0.05, 0) is 47.8 Å². The summed E-state index contributed by atoms with van der Waals surface area (Å²) >= 11 is 1.49. The Morgan fingerprint density at radius 1 is 1.22 bits per heavy atom. The lowest BCUT2D eigenvalue weighted by atomic mass is 9.72. The van der Waals surface area contributed by atoms with Gasteiger partial charge >= 0.3 is 0 Å². The van der Waals surface area contributed by atoms with Gasteiger partial charge in [0.15, 0.2) is 0 Å². The molecule has 0 radical (unpaired) electrons. The Bertz CT molecular complexity index is 876. The summed E-state index contributed by atoms with van der Waals surface area (Å²) in [5.41, 5.74) is 8.32. The van der Waals surface area contributed by atoms with Crippen LogP contribution in [0.15, 0.2) is 36.4 Å². The van der Waals surface area contributed by atoms with E-state index < -0.39 is 5.91 Å². The smallest absolute Gasteiger partial charge is 0.251 e. The molecular weight excluding hydrogens is 356 g/mol. The Balaban J connectivity index is 1.82. The molecule has 0 unspecified atom stereocenters. The molecule has 3 rings (SSSR count). The van der Waals surface area contributed by atoms with E-state index in [4.69, 9.17) is 5.73 Å². The number of benzene rings is 1. The molecule has 0 saturated heterocycles. The van der Waals surface area contributed by atoms with Crippen molar-refractivity contribution in [2.24, 2.45) is 17.1 Å². The van der Waals surface area contributed by atoms with Gasteiger partial charge in [0.1, 0.15) is 5.00 Å². The molecule has 0 fully saturated rings. The summed E-state index contributed by atoms with van der Waals surface area (Å²) in [6.45, 7) is 6.76. The molecule has 1 aliphatic rings. The zero-order chi connectivity index (χ0) is 19.6. The molecule has 27 heavy (non-hydrogen) atoms. The zero-order valence-electron chi connectivity index (χ0n) is 16.0. The van der Waals surface area contributed by atoms with Crippen molar-refractivity contribution >= 4 is 34.2 Å². The predicted molar refractivity (Wildman–Crippen MR) is 112 cm³/mol. The summed E-state index contributed by atoms with van der Waals surface area (Å²) in [5, 5.41) is 3.44. The number of carbonyl (C=O) groups is 2. The van der Waals surface area contributed by atoms with Gasteiger partial charge in [0.2, 0.25) is 5.91 Å². The van der Waals surface area contributed by atoms with E-state index in [1.165, 1.54) is 22.3 Å². The van der Waals surface area contributed by atoms with Crippen LogP contribution in [0.25, 0.3) is 6.08 Å². The Labute approximate surface area is 164 Å². The van der Waals surface area contributed by atoms with Crippen molar-refractivity contribution in [1.82, 2.24) is 0 Å². The van der Waals surface area contributed by atoms with Crippen LogP contribution in [0, 0.1) is 11.3 Å². The Morgan fingerprint density at radius 3 is 2.56 bits per heavy atom. The van der Waals surface area contributed by atoms with Crippen molar-refractivity contribution in [3.63, 3.8) is 0 Å². The molecule has 1 atom stereocenters. The summed E-state index contributed by atoms with van der Waals surface area (Å²) < 4.78 is 0. The molecule has 0 spiro atoms. The number of anilines is 1. The quantitative estimate of drug-likeness (QED) is 0.756. The lowest BCUT2D eigenvalue weighted by molar-refractivity contribution is -0.111. The van der Waals surface area contributed by atoms with Gasteiger partial charge < -0.3 is 11.1 Å². The van der Waals surface area contributed by atoms with Crippen molar-refractivity contribution in [2.45, 2.75) is 40.0 Å². The van der Waals surface area contributed by atoms with Crippen molar-refractivity contribution in [2.75, 3.05) is 5.32 Å². The molecule has 0 saturated carbocycles. The van der Waals surface area contributed by atoms with E-state index in [-0.39, 0.29) is 11.3 Å². The van der Waals surface area contributed by atoms with Crippen LogP contribution >= 0.6 is 11.3 Å². The number of hydrogen-bond donors (Lipinski definition) is 2. The van der Waals surface area contributed by atoms with Crippen LogP contribution in [0.2, 0.25) is 0 Å². The molecule has 5 heteroatoms.